The number of hydrogen-bond donors (Lipinski definition) is 1. The molecule has 0 unspecified atom stereocenters. The second-order valence-electron chi connectivity index (χ2n) is 7.00. The summed E-state index contributed by atoms with van der Waals surface area (Å²) >= 11 is 6.19. The molecule has 0 spiro atoms. The fourth-order valence-corrected chi connectivity index (χ4v) is 4.82. The molecule has 0 aliphatic carbocycles. The molecule has 2 N–H and O–H groups in total. The average Bonchev–Trinajstić information content (AvgIpc) is 2.73. The van der Waals surface area contributed by atoms with Gasteiger partial charge in [-0.3, -0.25) is 13.9 Å². The number of nitrogens with two attached hydrogens (primary N) is 1. The lowest BCUT2D eigenvalue weighted by molar-refractivity contribution is -0.123. The van der Waals surface area contributed by atoms with Crippen molar-refractivity contribution in [3.8, 4) is 0 Å². The van der Waals surface area contributed by atoms with Crippen LogP contribution in [0.1, 0.15) is 29.6 Å². The topological polar surface area (TPSA) is 101 Å². The van der Waals surface area contributed by atoms with Crippen molar-refractivity contribution in [1.29, 1.82) is 0 Å². The highest BCUT2D eigenvalue weighted by molar-refractivity contribution is 7.92. The summed E-state index contributed by atoms with van der Waals surface area (Å²) in [7, 11) is -2.72. The van der Waals surface area contributed by atoms with Crippen LogP contribution in [-0.4, -0.2) is 44.8 Å². The van der Waals surface area contributed by atoms with Crippen molar-refractivity contribution in [2.75, 3.05) is 17.9 Å². The highest BCUT2D eigenvalue weighted by atomic mass is 35.5. The van der Waals surface area contributed by atoms with Crippen molar-refractivity contribution >= 4 is 39.1 Å². The van der Waals surface area contributed by atoms with E-state index in [1.54, 1.807) is 0 Å². The second-order valence-corrected chi connectivity index (χ2v) is 9.38. The van der Waals surface area contributed by atoms with E-state index in [4.69, 9.17) is 17.3 Å². The average molecular weight is 454 g/mol. The Kier molecular flexibility index (Phi) is 6.33. The van der Waals surface area contributed by atoms with Gasteiger partial charge in [0.2, 0.25) is 5.91 Å². The lowest BCUT2D eigenvalue weighted by Gasteiger charge is -2.34. The Hall–Kier alpha value is -2.65. The van der Waals surface area contributed by atoms with Crippen LogP contribution in [0, 0.1) is 5.82 Å². The molecule has 10 heteroatoms. The molecule has 2 aromatic carbocycles. The summed E-state index contributed by atoms with van der Waals surface area (Å²) in [5.74, 6) is -1.65. The molecular formula is C20H21ClFN3O4S. The van der Waals surface area contributed by atoms with Gasteiger partial charge < -0.3 is 10.6 Å². The van der Waals surface area contributed by atoms with E-state index in [9.17, 15) is 22.4 Å². The van der Waals surface area contributed by atoms with Crippen molar-refractivity contribution in [2.24, 2.45) is 5.73 Å². The van der Waals surface area contributed by atoms with Gasteiger partial charge in [0, 0.05) is 13.6 Å². The Bertz CT molecular complexity index is 1080. The molecule has 30 heavy (non-hydrogen) atoms. The standard InChI is InChI=1S/C20H21ClFN3O4S/c1-24(14-7-5-13(22)6-8-14)30(28,29)15-9-10-17(21)16(12-15)20(27)25-11-3-2-4-18(25)19(23)26/h5-10,12,18H,2-4,11H2,1H3,(H2,23,26)/t18-/m0/s1. The highest BCUT2D eigenvalue weighted by Gasteiger charge is 2.33. The number of anilines is 1. The Balaban J connectivity index is 1.97. The summed E-state index contributed by atoms with van der Waals surface area (Å²) < 4.78 is 40.2. The lowest BCUT2D eigenvalue weighted by atomic mass is 10.0. The molecule has 1 aliphatic rings. The van der Waals surface area contributed by atoms with Crippen LogP contribution in [0.15, 0.2) is 47.4 Å². The predicted molar refractivity (Wildman–Crippen MR) is 111 cm³/mol. The van der Waals surface area contributed by atoms with Crippen LogP contribution in [0.2, 0.25) is 5.02 Å². The smallest absolute Gasteiger partial charge is 0.264 e. The van der Waals surface area contributed by atoms with E-state index >= 15 is 0 Å². The second kappa shape index (κ2) is 8.61. The maximum atomic E-state index is 13.2. The number of piperidine rings is 1. The molecule has 1 heterocycles. The number of carbonyl (C=O) groups excluding carboxylic acids is 2. The Morgan fingerprint density at radius 1 is 1.17 bits per heavy atom. The summed E-state index contributed by atoms with van der Waals surface area (Å²) in [6.07, 6.45) is 1.92. The van der Waals surface area contributed by atoms with E-state index in [2.05, 4.69) is 0 Å². The van der Waals surface area contributed by atoms with Crippen LogP contribution in [0.5, 0.6) is 0 Å². The highest BCUT2D eigenvalue weighted by Crippen LogP contribution is 2.28. The number of primary amides is 1. The number of likely N-dealkylation sites (tertiary alicyclic amines) is 1. The normalized spacial score (nSPS) is 16.9. The van der Waals surface area contributed by atoms with E-state index in [0.717, 1.165) is 22.9 Å². The van der Waals surface area contributed by atoms with Crippen molar-refractivity contribution in [2.45, 2.75) is 30.2 Å². The summed E-state index contributed by atoms with van der Waals surface area (Å²) in [5, 5.41) is 0.0668. The van der Waals surface area contributed by atoms with Crippen LogP contribution in [0.25, 0.3) is 0 Å². The number of nitrogens with zero attached hydrogens (tertiary/aromatic N) is 2. The van der Waals surface area contributed by atoms with Gasteiger partial charge in [0.05, 0.1) is 21.2 Å². The van der Waals surface area contributed by atoms with Gasteiger partial charge in [-0.15, -0.1) is 0 Å². The Labute approximate surface area is 179 Å². The molecule has 0 radical (unpaired) electrons. The number of amides is 2. The summed E-state index contributed by atoms with van der Waals surface area (Å²) in [4.78, 5) is 26.0. The van der Waals surface area contributed by atoms with E-state index in [1.807, 2.05) is 0 Å². The molecule has 2 amide bonds. The first-order valence-electron chi connectivity index (χ1n) is 9.27. The molecule has 1 aliphatic heterocycles. The summed E-state index contributed by atoms with van der Waals surface area (Å²) in [6, 6.07) is 8.01. The van der Waals surface area contributed by atoms with Crippen molar-refractivity contribution in [3.63, 3.8) is 0 Å². The van der Waals surface area contributed by atoms with Gasteiger partial charge in [-0.25, -0.2) is 12.8 Å². The predicted octanol–water partition coefficient (Wildman–Crippen LogP) is 2.78. The van der Waals surface area contributed by atoms with Gasteiger partial charge in [0.25, 0.3) is 15.9 Å². The van der Waals surface area contributed by atoms with Crippen LogP contribution in [-0.2, 0) is 14.8 Å². The maximum absolute atomic E-state index is 13.2. The van der Waals surface area contributed by atoms with Gasteiger partial charge in [0.1, 0.15) is 11.9 Å². The zero-order chi connectivity index (χ0) is 22.1. The first kappa shape index (κ1) is 22.0. The quantitative estimate of drug-likeness (QED) is 0.752. The third-order valence-electron chi connectivity index (χ3n) is 5.11. The molecule has 0 bridgehead atoms. The van der Waals surface area contributed by atoms with E-state index in [0.29, 0.717) is 19.4 Å². The molecule has 7 nitrogen and oxygen atoms in total. The SMILES string of the molecule is CN(c1ccc(F)cc1)S(=O)(=O)c1ccc(Cl)c(C(=O)N2CCCC[C@H]2C(N)=O)c1. The van der Waals surface area contributed by atoms with E-state index in [1.165, 1.54) is 42.3 Å². The fraction of sp³-hybridized carbons (Fsp3) is 0.300. The number of hydrogen-bond acceptors (Lipinski definition) is 4. The Morgan fingerprint density at radius 2 is 1.83 bits per heavy atom. The molecule has 1 saturated heterocycles. The van der Waals surface area contributed by atoms with Crippen molar-refractivity contribution in [1.82, 2.24) is 4.90 Å². The fourth-order valence-electron chi connectivity index (χ4n) is 3.40. The molecule has 1 atom stereocenters. The van der Waals surface area contributed by atoms with E-state index in [-0.39, 0.29) is 21.2 Å². The number of rotatable bonds is 5. The summed E-state index contributed by atoms with van der Waals surface area (Å²) in [6.45, 7) is 0.329. The molecule has 0 saturated carbocycles. The van der Waals surface area contributed by atoms with Gasteiger partial charge in [-0.1, -0.05) is 11.6 Å². The first-order valence-corrected chi connectivity index (χ1v) is 11.1. The van der Waals surface area contributed by atoms with Gasteiger partial charge in [-0.2, -0.15) is 0 Å². The lowest BCUT2D eigenvalue weighted by Crippen LogP contribution is -2.50. The monoisotopic (exact) mass is 453 g/mol. The van der Waals surface area contributed by atoms with Crippen LogP contribution >= 0.6 is 11.6 Å². The van der Waals surface area contributed by atoms with Crippen molar-refractivity contribution in [3.05, 3.63) is 58.9 Å². The molecule has 3 rings (SSSR count). The van der Waals surface area contributed by atoms with Crippen LogP contribution < -0.4 is 10.0 Å². The van der Waals surface area contributed by atoms with Crippen molar-refractivity contribution < 1.29 is 22.4 Å². The summed E-state index contributed by atoms with van der Waals surface area (Å²) in [5.41, 5.74) is 5.65. The van der Waals surface area contributed by atoms with Gasteiger partial charge >= 0.3 is 0 Å². The number of sulfonamides is 1. The molecule has 1 fully saturated rings. The molecular weight excluding hydrogens is 433 g/mol. The van der Waals surface area contributed by atoms with Gasteiger partial charge in [0.15, 0.2) is 0 Å². The minimum atomic E-state index is -4.05. The minimum Gasteiger partial charge on any atom is -0.368 e. The first-order chi connectivity index (χ1) is 14.1. The van der Waals surface area contributed by atoms with Gasteiger partial charge in [-0.05, 0) is 61.7 Å². The minimum absolute atomic E-state index is 0.0293. The zero-order valence-electron chi connectivity index (χ0n) is 16.2. The van der Waals surface area contributed by atoms with Crippen LogP contribution in [0.3, 0.4) is 0 Å². The largest absolute Gasteiger partial charge is 0.368 e. The van der Waals surface area contributed by atoms with Crippen LogP contribution in [0.4, 0.5) is 10.1 Å². The zero-order valence-corrected chi connectivity index (χ0v) is 17.8. The molecule has 160 valence electrons. The third kappa shape index (κ3) is 4.27. The number of halogens is 2. The maximum Gasteiger partial charge on any atom is 0.264 e. The van der Waals surface area contributed by atoms with E-state index < -0.39 is 33.7 Å². The number of benzene rings is 2. The molecule has 2 aromatic rings. The Morgan fingerprint density at radius 3 is 2.47 bits per heavy atom. The molecule has 0 aromatic heterocycles. The third-order valence-corrected chi connectivity index (χ3v) is 7.22. The number of carbonyl (C=O) groups is 2.